The normalized spacial score (nSPS) is 21.4. The van der Waals surface area contributed by atoms with Crippen LogP contribution >= 0.6 is 0 Å². The monoisotopic (exact) mass is 555 g/mol. The van der Waals surface area contributed by atoms with Crippen molar-refractivity contribution >= 4 is 28.9 Å². The smallest absolute Gasteiger partial charge is 0.271 e. The Labute approximate surface area is 241 Å². The standard InChI is InChI=1S/C29H44N8O3/c1-4-23-28(31-20-9-17-40-18-10-20)34-29(26(33-23)27(30)38)32-21-5-6-24(25(19-21)39-3)37-11-7-22(8-12-37)36-15-13-35(2)14-16-36/h5-6,19-20,22H,4,7-18H2,1-3H3,(H2,30,38)(H2,31,32,34)/i2D3. The van der Waals surface area contributed by atoms with Crippen molar-refractivity contribution in [1.82, 2.24) is 19.8 Å². The fourth-order valence-electron chi connectivity index (χ4n) is 5.84. The molecule has 0 spiro atoms. The molecule has 0 aliphatic carbocycles. The van der Waals surface area contributed by atoms with Crippen molar-refractivity contribution < 1.29 is 18.4 Å². The Kier molecular flexibility index (Phi) is 8.01. The highest BCUT2D eigenvalue weighted by Crippen LogP contribution is 2.35. The second-order valence-corrected chi connectivity index (χ2v) is 10.7. The van der Waals surface area contributed by atoms with Gasteiger partial charge in [0.25, 0.3) is 5.91 Å². The molecule has 11 heteroatoms. The van der Waals surface area contributed by atoms with Crippen molar-refractivity contribution in [2.45, 2.75) is 51.1 Å². The first-order chi connectivity index (χ1) is 20.7. The van der Waals surface area contributed by atoms with Crippen LogP contribution in [0.3, 0.4) is 0 Å². The lowest BCUT2D eigenvalue weighted by atomic mass is 10.0. The van der Waals surface area contributed by atoms with Crippen LogP contribution in [0.2, 0.25) is 0 Å². The molecule has 4 heterocycles. The maximum Gasteiger partial charge on any atom is 0.271 e. The molecular formula is C29H44N8O3. The molecule has 1 aromatic carbocycles. The van der Waals surface area contributed by atoms with E-state index in [2.05, 4.69) is 25.4 Å². The fourth-order valence-corrected chi connectivity index (χ4v) is 5.84. The van der Waals surface area contributed by atoms with Gasteiger partial charge in [0.05, 0.1) is 18.5 Å². The van der Waals surface area contributed by atoms with Gasteiger partial charge in [-0.2, -0.15) is 0 Å². The van der Waals surface area contributed by atoms with Crippen molar-refractivity contribution in [2.75, 3.05) is 82.1 Å². The van der Waals surface area contributed by atoms with Crippen molar-refractivity contribution in [3.8, 4) is 5.75 Å². The molecule has 11 nitrogen and oxygen atoms in total. The lowest BCUT2D eigenvalue weighted by molar-refractivity contribution is 0.0903. The second-order valence-electron chi connectivity index (χ2n) is 10.7. The first-order valence-electron chi connectivity index (χ1n) is 15.9. The molecule has 1 aromatic heterocycles. The zero-order valence-corrected chi connectivity index (χ0v) is 23.6. The molecule has 5 rings (SSSR count). The van der Waals surface area contributed by atoms with Gasteiger partial charge in [-0.15, -0.1) is 0 Å². The van der Waals surface area contributed by atoms with Crippen LogP contribution in [0.4, 0.5) is 23.0 Å². The number of primary amides is 1. The third kappa shape index (κ3) is 6.59. The van der Waals surface area contributed by atoms with E-state index in [-0.39, 0.29) is 11.7 Å². The summed E-state index contributed by atoms with van der Waals surface area (Å²) < 4.78 is 34.3. The largest absolute Gasteiger partial charge is 0.495 e. The summed E-state index contributed by atoms with van der Waals surface area (Å²) in [6.45, 7) is 5.85. The Hall–Kier alpha value is -3.15. The van der Waals surface area contributed by atoms with Crippen LogP contribution in [0.15, 0.2) is 18.2 Å². The number of aryl methyl sites for hydroxylation is 1. The van der Waals surface area contributed by atoms with E-state index in [9.17, 15) is 4.79 Å². The third-order valence-electron chi connectivity index (χ3n) is 8.18. The van der Waals surface area contributed by atoms with E-state index in [0.29, 0.717) is 67.5 Å². The number of carbonyl (C=O) groups is 1. The van der Waals surface area contributed by atoms with Gasteiger partial charge < -0.3 is 35.6 Å². The molecule has 0 unspecified atom stereocenters. The van der Waals surface area contributed by atoms with Gasteiger partial charge in [-0.05, 0) is 51.2 Å². The number of likely N-dealkylation sites (N-methyl/N-ethyl adjacent to an activating group) is 1. The molecular weight excluding hydrogens is 508 g/mol. The minimum absolute atomic E-state index is 0.0965. The second kappa shape index (κ2) is 13.0. The minimum atomic E-state index is -2.01. The topological polar surface area (TPSA) is 121 Å². The van der Waals surface area contributed by atoms with Gasteiger partial charge in [0.15, 0.2) is 17.3 Å². The summed E-state index contributed by atoms with van der Waals surface area (Å²) in [7, 11) is 1.65. The van der Waals surface area contributed by atoms with Crippen LogP contribution in [-0.2, 0) is 11.2 Å². The quantitative estimate of drug-likeness (QED) is 0.426. The number of hydrogen-bond acceptors (Lipinski definition) is 10. The summed E-state index contributed by atoms with van der Waals surface area (Å²) in [5, 5.41) is 6.76. The number of nitrogens with zero attached hydrogens (tertiary/aromatic N) is 5. The summed E-state index contributed by atoms with van der Waals surface area (Å²) in [4.78, 5) is 28.1. The fraction of sp³-hybridized carbons (Fsp3) is 0.621. The zero-order valence-electron chi connectivity index (χ0n) is 26.6. The highest BCUT2D eigenvalue weighted by molar-refractivity contribution is 5.96. The molecule has 1 amide bonds. The average Bonchev–Trinajstić information content (AvgIpc) is 3.01. The minimum Gasteiger partial charge on any atom is -0.495 e. The molecule has 2 aromatic rings. The Bertz CT molecular complexity index is 1260. The number of amides is 1. The Morgan fingerprint density at radius 1 is 1.10 bits per heavy atom. The number of anilines is 4. The van der Waals surface area contributed by atoms with E-state index in [1.54, 1.807) is 12.0 Å². The number of rotatable bonds is 9. The Morgan fingerprint density at radius 2 is 1.85 bits per heavy atom. The van der Waals surface area contributed by atoms with Crippen LogP contribution < -0.4 is 26.0 Å². The summed E-state index contributed by atoms with van der Waals surface area (Å²) in [6.07, 6.45) is 4.36. The van der Waals surface area contributed by atoms with E-state index >= 15 is 0 Å². The maximum atomic E-state index is 12.3. The van der Waals surface area contributed by atoms with Crippen LogP contribution in [0.25, 0.3) is 0 Å². The van der Waals surface area contributed by atoms with Crippen molar-refractivity contribution in [2.24, 2.45) is 5.73 Å². The maximum absolute atomic E-state index is 12.3. The third-order valence-corrected chi connectivity index (χ3v) is 8.18. The molecule has 0 bridgehead atoms. The SMILES string of the molecule is [2H]C([2H])([2H])N1CCN(C2CCN(c3ccc(Nc4nc(NC5CCOCC5)c(CC)nc4C(N)=O)cc3OC)CC2)CC1. The number of carbonyl (C=O) groups excluding carboxylic acids is 1. The number of nitrogens with one attached hydrogen (secondary N) is 2. The van der Waals surface area contributed by atoms with Gasteiger partial charge in [-0.1, -0.05) is 6.92 Å². The molecule has 3 aliphatic rings. The number of methoxy groups -OCH3 is 1. The molecule has 4 N–H and O–H groups in total. The van der Waals surface area contributed by atoms with Gasteiger partial charge in [0.1, 0.15) is 5.75 Å². The Morgan fingerprint density at radius 3 is 2.50 bits per heavy atom. The molecule has 3 saturated heterocycles. The van der Waals surface area contributed by atoms with Gasteiger partial charge in [-0.25, -0.2) is 9.97 Å². The van der Waals surface area contributed by atoms with Gasteiger partial charge in [0.2, 0.25) is 0 Å². The van der Waals surface area contributed by atoms with Crippen LogP contribution in [-0.4, -0.2) is 104 Å². The van der Waals surface area contributed by atoms with Crippen molar-refractivity contribution in [3.05, 3.63) is 29.6 Å². The summed E-state index contributed by atoms with van der Waals surface area (Å²) in [5.74, 6) is 1.02. The van der Waals surface area contributed by atoms with E-state index in [4.69, 9.17) is 24.3 Å². The lowest BCUT2D eigenvalue weighted by Crippen LogP contribution is -2.52. The van der Waals surface area contributed by atoms with E-state index in [0.717, 1.165) is 57.5 Å². The van der Waals surface area contributed by atoms with Gasteiger partial charge >= 0.3 is 0 Å². The number of nitrogens with two attached hydrogens (primary N) is 1. The van der Waals surface area contributed by atoms with Crippen molar-refractivity contribution in [1.29, 1.82) is 0 Å². The van der Waals surface area contributed by atoms with Crippen molar-refractivity contribution in [3.63, 3.8) is 0 Å². The molecule has 3 aliphatic heterocycles. The predicted molar refractivity (Wildman–Crippen MR) is 158 cm³/mol. The number of ether oxygens (including phenoxy) is 2. The number of benzene rings is 1. The number of hydrogen-bond donors (Lipinski definition) is 3. The molecule has 3 fully saturated rings. The number of piperidine rings is 1. The molecule has 0 radical (unpaired) electrons. The van der Waals surface area contributed by atoms with E-state index in [1.807, 2.05) is 25.1 Å². The van der Waals surface area contributed by atoms with Gasteiger partial charge in [-0.3, -0.25) is 9.69 Å². The molecule has 40 heavy (non-hydrogen) atoms. The van der Waals surface area contributed by atoms with Gasteiger partial charge in [0, 0.05) is 80.4 Å². The summed E-state index contributed by atoms with van der Waals surface area (Å²) >= 11 is 0. The summed E-state index contributed by atoms with van der Waals surface area (Å²) in [6, 6.07) is 6.55. The lowest BCUT2D eigenvalue weighted by Gasteiger charge is -2.42. The van der Waals surface area contributed by atoms with Crippen LogP contribution in [0, 0.1) is 0 Å². The summed E-state index contributed by atoms with van der Waals surface area (Å²) in [5.41, 5.74) is 8.22. The predicted octanol–water partition coefficient (Wildman–Crippen LogP) is 2.70. The highest BCUT2D eigenvalue weighted by atomic mass is 16.5. The number of aromatic nitrogens is 2. The molecule has 0 atom stereocenters. The highest BCUT2D eigenvalue weighted by Gasteiger charge is 2.28. The molecule has 218 valence electrons. The van der Waals surface area contributed by atoms with E-state index < -0.39 is 12.9 Å². The molecule has 0 saturated carbocycles. The average molecular weight is 556 g/mol. The van der Waals surface area contributed by atoms with Crippen LogP contribution in [0.5, 0.6) is 5.75 Å². The zero-order chi connectivity index (χ0) is 30.6. The number of piperazine rings is 1. The Balaban J connectivity index is 1.27. The van der Waals surface area contributed by atoms with Crippen LogP contribution in [0.1, 0.15) is 52.9 Å². The van der Waals surface area contributed by atoms with E-state index in [1.165, 1.54) is 0 Å². The first kappa shape index (κ1) is 24.6. The first-order valence-corrected chi connectivity index (χ1v) is 14.4.